The van der Waals surface area contributed by atoms with Gasteiger partial charge in [-0.15, -0.1) is 0 Å². The molecular weight excluding hydrogens is 236 g/mol. The van der Waals surface area contributed by atoms with Crippen molar-refractivity contribution in [1.82, 2.24) is 0 Å². The van der Waals surface area contributed by atoms with Gasteiger partial charge in [-0.2, -0.15) is 0 Å². The molecule has 0 bridgehead atoms. The van der Waals surface area contributed by atoms with E-state index in [4.69, 9.17) is 30.6 Å². The predicted octanol–water partition coefficient (Wildman–Crippen LogP) is -1.01. The molecule has 0 aromatic heterocycles. The van der Waals surface area contributed by atoms with E-state index in [9.17, 15) is 0 Å². The van der Waals surface area contributed by atoms with Crippen molar-refractivity contribution in [3.05, 3.63) is 30.6 Å². The molecule has 0 aromatic carbocycles. The molecule has 0 saturated heterocycles. The summed E-state index contributed by atoms with van der Waals surface area (Å²) in [6, 6.07) is 0. The van der Waals surface area contributed by atoms with Crippen molar-refractivity contribution in [1.29, 1.82) is 0 Å². The van der Waals surface area contributed by atoms with E-state index in [0.29, 0.717) is 0 Å². The molecule has 8 nitrogen and oxygen atoms in total. The first-order chi connectivity index (χ1) is 3.46. The first-order valence-corrected chi connectivity index (χ1v) is 1.10. The smallest absolute Gasteiger partial charge is 1.00 e. The van der Waals surface area contributed by atoms with Crippen LogP contribution < -0.4 is 0 Å². The molecule has 10 heavy (non-hydrogen) atoms. The third-order valence-electron chi connectivity index (χ3n) is 0. The van der Waals surface area contributed by atoms with Gasteiger partial charge in [-0.3, -0.25) is 0 Å². The predicted molar refractivity (Wildman–Crippen MR) is 34.5 cm³/mol. The van der Waals surface area contributed by atoms with Crippen LogP contribution in [0.4, 0.5) is 0 Å². The fourth-order valence-electron chi connectivity index (χ4n) is 0. The van der Waals surface area contributed by atoms with Gasteiger partial charge in [0.25, 0.3) is 0 Å². The SMILES string of the molecule is O=[N+]([O-])[O-].O=[N+]([O-])[O-].[H-].[H-].[Mg+2].[Sr+2]. The summed E-state index contributed by atoms with van der Waals surface area (Å²) in [5.74, 6) is 0. The van der Waals surface area contributed by atoms with Gasteiger partial charge < -0.3 is 33.5 Å². The zero-order valence-electron chi connectivity index (χ0n) is 6.76. The van der Waals surface area contributed by atoms with Gasteiger partial charge in [-0.1, -0.05) is 0 Å². The van der Waals surface area contributed by atoms with Crippen LogP contribution in [0.25, 0.3) is 0 Å². The van der Waals surface area contributed by atoms with Gasteiger partial charge in [0.1, 0.15) is 0 Å². The molecule has 0 fully saturated rings. The van der Waals surface area contributed by atoms with Gasteiger partial charge in [0.2, 0.25) is 0 Å². The van der Waals surface area contributed by atoms with Crippen LogP contribution >= 0.6 is 0 Å². The Bertz CT molecular complexity index is 81.5. The van der Waals surface area contributed by atoms with E-state index in [2.05, 4.69) is 0 Å². The van der Waals surface area contributed by atoms with E-state index in [0.717, 1.165) is 0 Å². The van der Waals surface area contributed by atoms with Gasteiger partial charge in [0, 0.05) is 0 Å². The Morgan fingerprint density at radius 1 is 0.900 bits per heavy atom. The molecule has 0 radical (unpaired) electrons. The second-order valence-corrected chi connectivity index (χ2v) is 0.447. The summed E-state index contributed by atoms with van der Waals surface area (Å²) in [4.78, 5) is 16.5. The van der Waals surface area contributed by atoms with Crippen molar-refractivity contribution in [2.24, 2.45) is 0 Å². The van der Waals surface area contributed by atoms with E-state index in [-0.39, 0.29) is 71.4 Å². The van der Waals surface area contributed by atoms with Gasteiger partial charge in [-0.05, 0) is 0 Å². The molecule has 0 spiro atoms. The van der Waals surface area contributed by atoms with E-state index >= 15 is 0 Å². The van der Waals surface area contributed by atoms with Crippen molar-refractivity contribution < 1.29 is 13.0 Å². The van der Waals surface area contributed by atoms with Crippen LogP contribution in [0.15, 0.2) is 0 Å². The van der Waals surface area contributed by atoms with Gasteiger partial charge in [-0.25, -0.2) is 0 Å². The Kier molecular flexibility index (Phi) is 36.6. The zero-order valence-corrected chi connectivity index (χ0v) is 9.65. The fourth-order valence-corrected chi connectivity index (χ4v) is 0. The Morgan fingerprint density at radius 3 is 0.900 bits per heavy atom. The molecule has 52 valence electrons. The molecule has 0 unspecified atom stereocenters. The average Bonchev–Trinajstić information content (AvgIpc) is 1.25. The van der Waals surface area contributed by atoms with E-state index < -0.39 is 10.2 Å². The van der Waals surface area contributed by atoms with E-state index in [1.54, 1.807) is 0 Å². The summed E-state index contributed by atoms with van der Waals surface area (Å²) in [5.41, 5.74) is 0. The fraction of sp³-hybridized carbons (Fsp3) is 0. The maximum absolute atomic E-state index is 8.25. The number of rotatable bonds is 0. The second kappa shape index (κ2) is 16.3. The minimum atomic E-state index is -1.75. The third kappa shape index (κ3) is 1210. The first kappa shape index (κ1) is 22.4. The summed E-state index contributed by atoms with van der Waals surface area (Å²) in [6.45, 7) is 0. The summed E-state index contributed by atoms with van der Waals surface area (Å²) in [6.07, 6.45) is 0. The first-order valence-electron chi connectivity index (χ1n) is 1.10. The third-order valence-corrected chi connectivity index (χ3v) is 0. The zero-order chi connectivity index (χ0) is 7.15. The quantitative estimate of drug-likeness (QED) is 0.301. The minimum Gasteiger partial charge on any atom is -1.00 e. The van der Waals surface area contributed by atoms with E-state index in [1.807, 2.05) is 0 Å². The van der Waals surface area contributed by atoms with Crippen LogP contribution in [-0.2, 0) is 0 Å². The normalized spacial score (nSPS) is 4.80. The topological polar surface area (TPSA) is 132 Å². The standard InChI is InChI=1S/Mg.2NO3.Sr.2H/c;2*2-1(3)4;;;/q+2;2*-1;+2;2*-1. The molecule has 0 aliphatic rings. The van der Waals surface area contributed by atoms with Crippen molar-refractivity contribution in [2.45, 2.75) is 0 Å². The van der Waals surface area contributed by atoms with E-state index in [1.165, 1.54) is 0 Å². The Labute approximate surface area is 111 Å². The molecule has 0 heterocycles. The molecule has 0 aliphatic carbocycles. The Balaban J connectivity index is -0.0000000112. The van der Waals surface area contributed by atoms with Crippen molar-refractivity contribution in [2.75, 3.05) is 0 Å². The Hall–Kier alpha value is 0.647. The van der Waals surface area contributed by atoms with Crippen molar-refractivity contribution in [3.8, 4) is 0 Å². The molecule has 10 heteroatoms. The van der Waals surface area contributed by atoms with Crippen LogP contribution in [0.5, 0.6) is 0 Å². The monoisotopic (exact) mass is 238 g/mol. The molecule has 0 amide bonds. The number of hydrogen-bond acceptors (Lipinski definition) is 6. The summed E-state index contributed by atoms with van der Waals surface area (Å²) in [7, 11) is 0. The van der Waals surface area contributed by atoms with Crippen LogP contribution in [0, 0.1) is 30.6 Å². The van der Waals surface area contributed by atoms with Gasteiger partial charge in [0.15, 0.2) is 0 Å². The largest absolute Gasteiger partial charge is 2.00 e. The number of hydrogen-bond donors (Lipinski definition) is 0. The molecule has 0 atom stereocenters. The van der Waals surface area contributed by atoms with Crippen molar-refractivity contribution in [3.63, 3.8) is 0 Å². The Morgan fingerprint density at radius 2 is 0.900 bits per heavy atom. The molecule has 0 N–H and O–H groups in total. The second-order valence-electron chi connectivity index (χ2n) is 0.447. The van der Waals surface area contributed by atoms with Crippen LogP contribution in [0.1, 0.15) is 2.85 Å². The average molecular weight is 238 g/mol. The summed E-state index contributed by atoms with van der Waals surface area (Å²) in [5, 5.41) is 29.5. The van der Waals surface area contributed by atoms with Gasteiger partial charge in [0.05, 0.1) is 10.2 Å². The van der Waals surface area contributed by atoms with Gasteiger partial charge >= 0.3 is 68.5 Å². The molecule has 0 aliphatic heterocycles. The number of nitrogens with zero attached hydrogens (tertiary/aromatic N) is 2. The van der Waals surface area contributed by atoms with Crippen molar-refractivity contribution >= 4 is 68.5 Å². The molecular formula is H2MgN2O6Sr. The maximum Gasteiger partial charge on any atom is 2.00 e. The molecule has 0 rings (SSSR count). The maximum atomic E-state index is 8.25. The van der Waals surface area contributed by atoms with Crippen LogP contribution in [0.3, 0.4) is 0 Å². The van der Waals surface area contributed by atoms with Crippen LogP contribution in [-0.4, -0.2) is 78.7 Å². The van der Waals surface area contributed by atoms with Crippen LogP contribution in [0.2, 0.25) is 0 Å². The summed E-state index contributed by atoms with van der Waals surface area (Å²) >= 11 is 0. The minimum absolute atomic E-state index is 0. The molecule has 0 saturated carbocycles. The summed E-state index contributed by atoms with van der Waals surface area (Å²) < 4.78 is 0. The molecule has 0 aromatic rings.